The molecule has 1 saturated heterocycles. The molecule has 1 aromatic heterocycles. The summed E-state index contributed by atoms with van der Waals surface area (Å²) in [5.74, 6) is -1.87. The molecule has 1 atom stereocenters. The second kappa shape index (κ2) is 4.42. The van der Waals surface area contributed by atoms with E-state index in [9.17, 15) is 13.6 Å². The lowest BCUT2D eigenvalue weighted by molar-refractivity contribution is 0.0892. The number of Topliss-reactive ketones (excluding diaryl/α,β-unsaturated/α-hetero) is 1. The van der Waals surface area contributed by atoms with Crippen molar-refractivity contribution in [3.63, 3.8) is 0 Å². The number of aromatic nitrogens is 1. The topological polar surface area (TPSA) is 36.1 Å². The van der Waals surface area contributed by atoms with E-state index < -0.39 is 11.6 Å². The average molecular weight is 264 g/mol. The number of fused-ring (bicyclic) bond motifs is 1. The van der Waals surface area contributed by atoms with Gasteiger partial charge in [-0.3, -0.25) is 9.69 Å². The first-order valence-electron chi connectivity index (χ1n) is 6.28. The molecule has 19 heavy (non-hydrogen) atoms. The minimum absolute atomic E-state index is 0.0303. The molecule has 1 N–H and O–H groups in total. The summed E-state index contributed by atoms with van der Waals surface area (Å²) < 4.78 is 26.4. The Bertz CT molecular complexity index is 650. The van der Waals surface area contributed by atoms with Gasteiger partial charge in [0.05, 0.1) is 6.04 Å². The zero-order valence-corrected chi connectivity index (χ0v) is 10.5. The van der Waals surface area contributed by atoms with Crippen molar-refractivity contribution >= 4 is 16.7 Å². The van der Waals surface area contributed by atoms with Crippen LogP contribution < -0.4 is 0 Å². The molecule has 2 aromatic rings. The molecular weight excluding hydrogens is 250 g/mol. The summed E-state index contributed by atoms with van der Waals surface area (Å²) in [6.07, 6.45) is 3.34. The fraction of sp³-hybridized carbons (Fsp3) is 0.357. The van der Waals surface area contributed by atoms with E-state index in [1.54, 1.807) is 0 Å². The number of likely N-dealkylation sites (tertiary alicyclic amines) is 1. The molecule has 0 bridgehead atoms. The summed E-state index contributed by atoms with van der Waals surface area (Å²) in [6, 6.07) is 2.01. The van der Waals surface area contributed by atoms with Crippen LogP contribution in [0.15, 0.2) is 18.3 Å². The van der Waals surface area contributed by atoms with Crippen LogP contribution in [0.25, 0.3) is 10.9 Å². The predicted octanol–water partition coefficient (Wildman–Crippen LogP) is 2.72. The fourth-order valence-corrected chi connectivity index (χ4v) is 2.74. The molecule has 0 spiro atoms. The number of rotatable bonds is 2. The maximum atomic E-state index is 13.3. The highest BCUT2D eigenvalue weighted by molar-refractivity contribution is 6.10. The number of carbonyl (C=O) groups excluding carboxylic acids is 1. The highest BCUT2D eigenvalue weighted by Crippen LogP contribution is 2.26. The van der Waals surface area contributed by atoms with Gasteiger partial charge in [0.2, 0.25) is 0 Å². The summed E-state index contributed by atoms with van der Waals surface area (Å²) in [4.78, 5) is 17.3. The lowest BCUT2D eigenvalue weighted by atomic mass is 10.0. The van der Waals surface area contributed by atoms with Crippen LogP contribution in [0.3, 0.4) is 0 Å². The quantitative estimate of drug-likeness (QED) is 0.847. The smallest absolute Gasteiger partial charge is 0.182 e. The van der Waals surface area contributed by atoms with Crippen molar-refractivity contribution in [3.8, 4) is 0 Å². The second-order valence-electron chi connectivity index (χ2n) is 5.02. The Labute approximate surface area is 109 Å². The first-order valence-corrected chi connectivity index (χ1v) is 6.28. The van der Waals surface area contributed by atoms with E-state index in [4.69, 9.17) is 0 Å². The molecule has 100 valence electrons. The van der Waals surface area contributed by atoms with E-state index in [1.807, 2.05) is 11.9 Å². The molecule has 1 aromatic carbocycles. The lowest BCUT2D eigenvalue weighted by Crippen LogP contribution is -2.32. The van der Waals surface area contributed by atoms with Crippen LogP contribution in [-0.4, -0.2) is 35.3 Å². The number of H-pyrrole nitrogens is 1. The van der Waals surface area contributed by atoms with Gasteiger partial charge < -0.3 is 4.98 Å². The number of hydrogen-bond acceptors (Lipinski definition) is 2. The van der Waals surface area contributed by atoms with Crippen LogP contribution in [0.2, 0.25) is 0 Å². The normalized spacial score (nSPS) is 20.3. The number of hydrogen-bond donors (Lipinski definition) is 1. The highest BCUT2D eigenvalue weighted by atomic mass is 19.2. The molecule has 1 unspecified atom stereocenters. The van der Waals surface area contributed by atoms with Gasteiger partial charge in [-0.2, -0.15) is 0 Å². The summed E-state index contributed by atoms with van der Waals surface area (Å²) in [5.41, 5.74) is 0.885. The van der Waals surface area contributed by atoms with Crippen molar-refractivity contribution in [2.75, 3.05) is 13.6 Å². The van der Waals surface area contributed by atoms with Crippen molar-refractivity contribution in [1.29, 1.82) is 0 Å². The van der Waals surface area contributed by atoms with Crippen LogP contribution in [-0.2, 0) is 0 Å². The maximum absolute atomic E-state index is 13.3. The molecule has 0 saturated carbocycles. The lowest BCUT2D eigenvalue weighted by Gasteiger charge is -2.17. The second-order valence-corrected chi connectivity index (χ2v) is 5.02. The van der Waals surface area contributed by atoms with Gasteiger partial charge in [-0.1, -0.05) is 0 Å². The summed E-state index contributed by atoms with van der Waals surface area (Å²) in [6.45, 7) is 0.891. The van der Waals surface area contributed by atoms with E-state index in [0.29, 0.717) is 16.5 Å². The molecule has 3 nitrogen and oxygen atoms in total. The predicted molar refractivity (Wildman–Crippen MR) is 68.2 cm³/mol. The van der Waals surface area contributed by atoms with Crippen LogP contribution in [0, 0.1) is 11.6 Å². The van der Waals surface area contributed by atoms with E-state index in [2.05, 4.69) is 4.98 Å². The molecular formula is C14H14F2N2O. The molecule has 1 aliphatic rings. The van der Waals surface area contributed by atoms with E-state index in [-0.39, 0.29) is 11.8 Å². The Morgan fingerprint density at radius 2 is 2.11 bits per heavy atom. The zero-order valence-electron chi connectivity index (χ0n) is 10.5. The summed E-state index contributed by atoms with van der Waals surface area (Å²) in [7, 11) is 1.91. The Morgan fingerprint density at radius 3 is 2.79 bits per heavy atom. The third-order valence-electron chi connectivity index (χ3n) is 3.81. The van der Waals surface area contributed by atoms with Crippen molar-refractivity contribution in [1.82, 2.24) is 9.88 Å². The number of likely N-dealkylation sites (N-methyl/N-ethyl adjacent to an activating group) is 1. The number of halogens is 2. The minimum Gasteiger partial charge on any atom is -0.360 e. The molecule has 3 rings (SSSR count). The summed E-state index contributed by atoms with van der Waals surface area (Å²) in [5, 5.41) is 0.448. The van der Waals surface area contributed by atoms with Crippen LogP contribution in [0.4, 0.5) is 8.78 Å². The number of benzene rings is 1. The number of ketones is 1. The molecule has 5 heteroatoms. The molecule has 0 amide bonds. The van der Waals surface area contributed by atoms with Crippen molar-refractivity contribution in [3.05, 3.63) is 35.5 Å². The largest absolute Gasteiger partial charge is 0.360 e. The van der Waals surface area contributed by atoms with Crippen molar-refractivity contribution in [2.24, 2.45) is 0 Å². The Morgan fingerprint density at radius 1 is 1.37 bits per heavy atom. The standard InChI is InChI=1S/C14H14F2N2O/c1-18-4-2-3-13(18)14(19)9-7-17-12-6-11(16)10(15)5-8(9)12/h5-7,13,17H,2-4H2,1H3. The van der Waals surface area contributed by atoms with E-state index in [1.165, 1.54) is 6.20 Å². The monoisotopic (exact) mass is 264 g/mol. The number of nitrogens with zero attached hydrogens (tertiary/aromatic N) is 1. The third-order valence-corrected chi connectivity index (χ3v) is 3.81. The number of carbonyl (C=O) groups is 1. The van der Waals surface area contributed by atoms with Crippen LogP contribution >= 0.6 is 0 Å². The van der Waals surface area contributed by atoms with Crippen LogP contribution in [0.5, 0.6) is 0 Å². The Hall–Kier alpha value is -1.75. The van der Waals surface area contributed by atoms with Gasteiger partial charge in [0.1, 0.15) is 0 Å². The maximum Gasteiger partial charge on any atom is 0.182 e. The molecule has 1 fully saturated rings. The molecule has 0 aliphatic carbocycles. The first kappa shape index (κ1) is 12.3. The first-order chi connectivity index (χ1) is 9.08. The highest BCUT2D eigenvalue weighted by Gasteiger charge is 2.30. The van der Waals surface area contributed by atoms with Gasteiger partial charge in [0.25, 0.3) is 0 Å². The van der Waals surface area contributed by atoms with Gasteiger partial charge in [-0.05, 0) is 32.5 Å². The number of nitrogens with one attached hydrogen (secondary N) is 1. The Balaban J connectivity index is 2.05. The van der Waals surface area contributed by atoms with Gasteiger partial charge in [-0.25, -0.2) is 8.78 Å². The van der Waals surface area contributed by atoms with Gasteiger partial charge >= 0.3 is 0 Å². The van der Waals surface area contributed by atoms with Crippen LogP contribution in [0.1, 0.15) is 23.2 Å². The molecule has 2 heterocycles. The number of aromatic amines is 1. The SMILES string of the molecule is CN1CCCC1C(=O)c1c[nH]c2cc(F)c(F)cc12. The van der Waals surface area contributed by atoms with Gasteiger partial charge in [-0.15, -0.1) is 0 Å². The minimum atomic E-state index is -0.930. The molecule has 1 aliphatic heterocycles. The van der Waals surface area contributed by atoms with Gasteiger partial charge in [0, 0.05) is 28.7 Å². The summed E-state index contributed by atoms with van der Waals surface area (Å²) >= 11 is 0. The van der Waals surface area contributed by atoms with Crippen molar-refractivity contribution in [2.45, 2.75) is 18.9 Å². The van der Waals surface area contributed by atoms with Gasteiger partial charge in [0.15, 0.2) is 17.4 Å². The van der Waals surface area contributed by atoms with Crippen molar-refractivity contribution < 1.29 is 13.6 Å². The van der Waals surface area contributed by atoms with E-state index >= 15 is 0 Å². The Kier molecular flexibility index (Phi) is 2.86. The zero-order chi connectivity index (χ0) is 13.6. The van der Waals surface area contributed by atoms with E-state index in [0.717, 1.165) is 31.5 Å². The fourth-order valence-electron chi connectivity index (χ4n) is 2.74. The average Bonchev–Trinajstić information content (AvgIpc) is 2.96. The third kappa shape index (κ3) is 1.94. The molecule has 0 radical (unpaired) electrons.